The predicted octanol–water partition coefficient (Wildman–Crippen LogP) is 2.58. The van der Waals surface area contributed by atoms with Gasteiger partial charge in [-0.1, -0.05) is 13.8 Å². The Kier molecular flexibility index (Phi) is 5.52. The van der Waals surface area contributed by atoms with Crippen LogP contribution in [0.3, 0.4) is 0 Å². The van der Waals surface area contributed by atoms with E-state index in [0.717, 1.165) is 5.52 Å². The van der Waals surface area contributed by atoms with E-state index in [2.05, 4.69) is 25.3 Å². The number of rotatable bonds is 5. The van der Waals surface area contributed by atoms with Gasteiger partial charge in [0, 0.05) is 30.3 Å². The maximum absolute atomic E-state index is 14.3. The molecule has 1 fully saturated rings. The number of alkyl halides is 1. The molecule has 0 radical (unpaired) electrons. The van der Waals surface area contributed by atoms with Gasteiger partial charge in [-0.25, -0.2) is 19.3 Å². The molecule has 0 aromatic carbocycles. The van der Waals surface area contributed by atoms with Crippen molar-refractivity contribution in [3.8, 4) is 0 Å². The molecule has 166 valence electrons. The Hall–Kier alpha value is -2.85. The van der Waals surface area contributed by atoms with Crippen LogP contribution in [0.2, 0.25) is 0 Å². The molecule has 1 unspecified atom stereocenters. The monoisotopic (exact) mass is 429 g/mol. The van der Waals surface area contributed by atoms with Crippen LogP contribution in [0.25, 0.3) is 11.0 Å². The van der Waals surface area contributed by atoms with Crippen LogP contribution in [0.1, 0.15) is 39.6 Å². The Labute approximate surface area is 180 Å². The molecule has 0 aliphatic carbocycles. The first-order chi connectivity index (χ1) is 14.7. The number of nitrogens with one attached hydrogen (secondary N) is 1. The van der Waals surface area contributed by atoms with Gasteiger partial charge in [0.15, 0.2) is 0 Å². The summed E-state index contributed by atoms with van der Waals surface area (Å²) in [5.74, 6) is 2.07. The Morgan fingerprint density at radius 1 is 1.26 bits per heavy atom. The van der Waals surface area contributed by atoms with E-state index in [4.69, 9.17) is 0 Å². The van der Waals surface area contributed by atoms with Gasteiger partial charge < -0.3 is 25.0 Å². The third kappa shape index (κ3) is 4.05. The highest BCUT2D eigenvalue weighted by Crippen LogP contribution is 2.33. The zero-order valence-corrected chi connectivity index (χ0v) is 18.1. The van der Waals surface area contributed by atoms with Gasteiger partial charge in [-0.2, -0.15) is 4.98 Å². The summed E-state index contributed by atoms with van der Waals surface area (Å²) in [7, 11) is 0. The van der Waals surface area contributed by atoms with Crippen LogP contribution in [0, 0.1) is 5.41 Å². The van der Waals surface area contributed by atoms with E-state index in [0.29, 0.717) is 35.5 Å². The summed E-state index contributed by atoms with van der Waals surface area (Å²) in [6, 6.07) is 3.70. The number of aliphatic hydroxyl groups excluding tert-OH is 2. The molecule has 3 N–H and O–H groups in total. The Balaban J connectivity index is 1.61. The van der Waals surface area contributed by atoms with Crippen LogP contribution in [0.15, 0.2) is 24.5 Å². The summed E-state index contributed by atoms with van der Waals surface area (Å²) in [5.41, 5.74) is 0.948. The largest absolute Gasteiger partial charge is 0.389 e. The second-order valence-electron chi connectivity index (χ2n) is 8.90. The zero-order chi connectivity index (χ0) is 22.3. The zero-order valence-electron chi connectivity index (χ0n) is 18.1. The summed E-state index contributed by atoms with van der Waals surface area (Å²) in [4.78, 5) is 19.4. The second kappa shape index (κ2) is 8.01. The number of anilines is 3. The van der Waals surface area contributed by atoms with E-state index >= 15 is 0 Å². The van der Waals surface area contributed by atoms with Crippen molar-refractivity contribution in [2.75, 3.05) is 23.3 Å². The number of aliphatic hydroxyl groups is 2. The molecule has 2 atom stereocenters. The van der Waals surface area contributed by atoms with Gasteiger partial charge in [0.1, 0.15) is 35.8 Å². The van der Waals surface area contributed by atoms with Crippen LogP contribution in [0.5, 0.6) is 0 Å². The topological polar surface area (TPSA) is 112 Å². The van der Waals surface area contributed by atoms with Crippen molar-refractivity contribution in [1.82, 2.24) is 24.5 Å². The van der Waals surface area contributed by atoms with Gasteiger partial charge in [0.05, 0.1) is 24.4 Å². The standard InChI is InChI=1S/C21H28FN7O2/c1-12(2)29-15-7-17(24-8-14(15)25-18(29)10-30)26-16-5-6-23-20(27-16)28-9-13(22)19(31)21(3,4)11-28/h5-8,12-13,19,30-31H,9-11H2,1-4H3,(H,23,24,26,27)/t13?,19-/m1/s1. The van der Waals surface area contributed by atoms with Crippen molar-refractivity contribution in [3.05, 3.63) is 30.4 Å². The van der Waals surface area contributed by atoms with Gasteiger partial charge in [0.25, 0.3) is 0 Å². The molecule has 9 nitrogen and oxygen atoms in total. The molecule has 4 rings (SSSR count). The summed E-state index contributed by atoms with van der Waals surface area (Å²) >= 11 is 0. The SMILES string of the molecule is CC(C)n1c(CO)nc2cnc(Nc3ccnc(N4CC(F)[C@@H](O)C(C)(C)C4)n3)cc21. The Morgan fingerprint density at radius 3 is 2.71 bits per heavy atom. The minimum absolute atomic E-state index is 0.0375. The number of aromatic nitrogens is 5. The van der Waals surface area contributed by atoms with E-state index < -0.39 is 17.7 Å². The number of hydrogen-bond acceptors (Lipinski definition) is 8. The minimum atomic E-state index is -1.37. The third-order valence-electron chi connectivity index (χ3n) is 5.63. The van der Waals surface area contributed by atoms with Gasteiger partial charge in [0.2, 0.25) is 5.95 Å². The third-order valence-corrected chi connectivity index (χ3v) is 5.63. The fraction of sp³-hybridized carbons (Fsp3) is 0.524. The van der Waals surface area contributed by atoms with Crippen molar-refractivity contribution < 1.29 is 14.6 Å². The molecule has 0 saturated carbocycles. The number of piperidine rings is 1. The first-order valence-electron chi connectivity index (χ1n) is 10.3. The molecular weight excluding hydrogens is 401 g/mol. The van der Waals surface area contributed by atoms with Crippen molar-refractivity contribution in [1.29, 1.82) is 0 Å². The molecule has 1 aliphatic rings. The number of pyridine rings is 1. The average Bonchev–Trinajstić information content (AvgIpc) is 3.10. The van der Waals surface area contributed by atoms with Crippen LogP contribution in [-0.4, -0.2) is 60.1 Å². The van der Waals surface area contributed by atoms with Gasteiger partial charge in [-0.05, 0) is 19.9 Å². The molecule has 10 heteroatoms. The summed E-state index contributed by atoms with van der Waals surface area (Å²) in [6.45, 7) is 8.04. The van der Waals surface area contributed by atoms with Gasteiger partial charge in [-0.15, -0.1) is 0 Å². The molecule has 31 heavy (non-hydrogen) atoms. The number of halogens is 1. The summed E-state index contributed by atoms with van der Waals surface area (Å²) in [5, 5.41) is 22.9. The Bertz CT molecular complexity index is 1080. The van der Waals surface area contributed by atoms with Crippen molar-refractivity contribution in [2.45, 2.75) is 52.6 Å². The summed E-state index contributed by atoms with van der Waals surface area (Å²) < 4.78 is 16.3. The molecule has 0 amide bonds. The number of hydrogen-bond donors (Lipinski definition) is 3. The van der Waals surface area contributed by atoms with E-state index in [1.165, 1.54) is 0 Å². The molecule has 3 aromatic rings. The Morgan fingerprint density at radius 2 is 2.03 bits per heavy atom. The van der Waals surface area contributed by atoms with E-state index in [9.17, 15) is 14.6 Å². The highest BCUT2D eigenvalue weighted by molar-refractivity contribution is 5.79. The quantitative estimate of drug-likeness (QED) is 0.567. The van der Waals surface area contributed by atoms with E-state index in [1.807, 2.05) is 38.3 Å². The lowest BCUT2D eigenvalue weighted by molar-refractivity contribution is -0.0257. The smallest absolute Gasteiger partial charge is 0.227 e. The van der Waals surface area contributed by atoms with Crippen molar-refractivity contribution in [2.24, 2.45) is 5.41 Å². The summed E-state index contributed by atoms with van der Waals surface area (Å²) in [6.07, 6.45) is 0.872. The van der Waals surface area contributed by atoms with E-state index in [-0.39, 0.29) is 19.2 Å². The van der Waals surface area contributed by atoms with Crippen LogP contribution in [0.4, 0.5) is 22.0 Å². The molecule has 3 aromatic heterocycles. The molecule has 1 saturated heterocycles. The number of fused-ring (bicyclic) bond motifs is 1. The van der Waals surface area contributed by atoms with Crippen molar-refractivity contribution in [3.63, 3.8) is 0 Å². The number of imidazole rings is 1. The van der Waals surface area contributed by atoms with Gasteiger partial charge in [-0.3, -0.25) is 0 Å². The lowest BCUT2D eigenvalue weighted by atomic mass is 9.80. The number of nitrogens with zero attached hydrogens (tertiary/aromatic N) is 6. The van der Waals surface area contributed by atoms with Gasteiger partial charge >= 0.3 is 0 Å². The van der Waals surface area contributed by atoms with Crippen LogP contribution in [-0.2, 0) is 6.61 Å². The minimum Gasteiger partial charge on any atom is -0.389 e. The molecule has 4 heterocycles. The maximum atomic E-state index is 14.3. The maximum Gasteiger partial charge on any atom is 0.227 e. The fourth-order valence-corrected chi connectivity index (χ4v) is 4.11. The normalized spacial score (nSPS) is 21.1. The highest BCUT2D eigenvalue weighted by atomic mass is 19.1. The lowest BCUT2D eigenvalue weighted by Gasteiger charge is -2.43. The molecule has 1 aliphatic heterocycles. The van der Waals surface area contributed by atoms with E-state index in [1.54, 1.807) is 23.4 Å². The molecule has 0 bridgehead atoms. The van der Waals surface area contributed by atoms with Crippen LogP contribution >= 0.6 is 0 Å². The average molecular weight is 430 g/mol. The highest BCUT2D eigenvalue weighted by Gasteiger charge is 2.42. The second-order valence-corrected chi connectivity index (χ2v) is 8.90. The molecule has 0 spiro atoms. The fourth-order valence-electron chi connectivity index (χ4n) is 4.11. The predicted molar refractivity (Wildman–Crippen MR) is 116 cm³/mol. The van der Waals surface area contributed by atoms with Crippen LogP contribution < -0.4 is 10.2 Å². The first-order valence-corrected chi connectivity index (χ1v) is 10.3. The van der Waals surface area contributed by atoms with Crippen molar-refractivity contribution >= 4 is 28.6 Å². The first kappa shape index (κ1) is 21.4. The lowest BCUT2D eigenvalue weighted by Crippen LogP contribution is -2.55. The molecular formula is C21H28FN7O2.